The molecule has 1 aromatic heterocycles. The van der Waals surface area contributed by atoms with Gasteiger partial charge in [0.05, 0.1) is 4.92 Å². The summed E-state index contributed by atoms with van der Waals surface area (Å²) in [5.74, 6) is 1.05. The fourth-order valence-corrected chi connectivity index (χ4v) is 3.18. The van der Waals surface area contributed by atoms with Crippen LogP contribution < -0.4 is 10.2 Å². The number of hydrogen-bond donors (Lipinski definition) is 1. The maximum absolute atomic E-state index is 10.9. The van der Waals surface area contributed by atoms with Crippen LogP contribution in [0.15, 0.2) is 36.5 Å². The van der Waals surface area contributed by atoms with Gasteiger partial charge in [-0.15, -0.1) is 0 Å². The van der Waals surface area contributed by atoms with Gasteiger partial charge < -0.3 is 10.2 Å². The second-order valence-electron chi connectivity index (χ2n) is 6.54. The molecule has 1 aliphatic rings. The smallest absolute Gasteiger partial charge is 0.272 e. The van der Waals surface area contributed by atoms with Gasteiger partial charge in [-0.05, 0) is 43.5 Å². The molecule has 6 heteroatoms. The lowest BCUT2D eigenvalue weighted by molar-refractivity contribution is -0.385. The van der Waals surface area contributed by atoms with Crippen molar-refractivity contribution in [1.29, 1.82) is 0 Å². The van der Waals surface area contributed by atoms with Crippen LogP contribution in [0.3, 0.4) is 0 Å². The Kier molecular flexibility index (Phi) is 5.48. The van der Waals surface area contributed by atoms with Crippen molar-refractivity contribution in [3.05, 3.63) is 57.8 Å². The lowest BCUT2D eigenvalue weighted by Crippen LogP contribution is -2.24. The van der Waals surface area contributed by atoms with E-state index in [1.54, 1.807) is 25.1 Å². The molecule has 0 amide bonds. The molecule has 132 valence electrons. The Morgan fingerprint density at radius 3 is 2.52 bits per heavy atom. The number of benzene rings is 1. The van der Waals surface area contributed by atoms with Gasteiger partial charge in [0.15, 0.2) is 0 Å². The maximum Gasteiger partial charge on any atom is 0.272 e. The first-order chi connectivity index (χ1) is 12.1. The van der Waals surface area contributed by atoms with Crippen molar-refractivity contribution in [2.75, 3.05) is 23.3 Å². The van der Waals surface area contributed by atoms with E-state index < -0.39 is 0 Å². The van der Waals surface area contributed by atoms with Crippen molar-refractivity contribution in [2.45, 2.75) is 39.2 Å². The molecule has 1 aromatic carbocycles. The SMILES string of the molecule is Cc1cc(NCc2ccc(N3CCCCCC3)nc2)ccc1[N+](=O)[O-]. The molecule has 0 aliphatic carbocycles. The van der Waals surface area contributed by atoms with Crippen molar-refractivity contribution < 1.29 is 4.92 Å². The molecule has 0 spiro atoms. The number of pyridine rings is 1. The number of anilines is 2. The first-order valence-electron chi connectivity index (χ1n) is 8.82. The lowest BCUT2D eigenvalue weighted by atomic mass is 10.1. The first-order valence-corrected chi connectivity index (χ1v) is 8.82. The number of nitrogens with zero attached hydrogens (tertiary/aromatic N) is 3. The largest absolute Gasteiger partial charge is 0.381 e. The minimum absolute atomic E-state index is 0.147. The Morgan fingerprint density at radius 2 is 1.92 bits per heavy atom. The molecule has 1 fully saturated rings. The highest BCUT2D eigenvalue weighted by Crippen LogP contribution is 2.22. The predicted molar refractivity (Wildman–Crippen MR) is 100 cm³/mol. The van der Waals surface area contributed by atoms with Gasteiger partial charge in [0, 0.05) is 43.1 Å². The number of nitrogens with one attached hydrogen (secondary N) is 1. The second kappa shape index (κ2) is 7.96. The van der Waals surface area contributed by atoms with Crippen LogP contribution in [0.2, 0.25) is 0 Å². The van der Waals surface area contributed by atoms with Gasteiger partial charge in [0.1, 0.15) is 5.82 Å². The minimum atomic E-state index is -0.357. The van der Waals surface area contributed by atoms with Crippen molar-refractivity contribution in [3.8, 4) is 0 Å². The molecular weight excluding hydrogens is 316 g/mol. The number of rotatable bonds is 5. The highest BCUT2D eigenvalue weighted by molar-refractivity contribution is 5.53. The molecule has 25 heavy (non-hydrogen) atoms. The fourth-order valence-electron chi connectivity index (χ4n) is 3.18. The second-order valence-corrected chi connectivity index (χ2v) is 6.54. The first kappa shape index (κ1) is 17.2. The van der Waals surface area contributed by atoms with E-state index in [2.05, 4.69) is 27.3 Å². The number of nitro groups is 1. The van der Waals surface area contributed by atoms with Gasteiger partial charge in [-0.2, -0.15) is 0 Å². The molecule has 0 bridgehead atoms. The zero-order valence-corrected chi connectivity index (χ0v) is 14.6. The number of hydrogen-bond acceptors (Lipinski definition) is 5. The van der Waals surface area contributed by atoms with Gasteiger partial charge in [-0.1, -0.05) is 18.9 Å². The molecule has 0 saturated carbocycles. The maximum atomic E-state index is 10.9. The van der Waals surface area contributed by atoms with Crippen LogP contribution in [0.25, 0.3) is 0 Å². The average molecular weight is 340 g/mol. The Balaban J connectivity index is 1.60. The van der Waals surface area contributed by atoms with Gasteiger partial charge in [-0.25, -0.2) is 4.98 Å². The van der Waals surface area contributed by atoms with E-state index in [1.807, 2.05) is 6.20 Å². The number of nitro benzene ring substituents is 1. The van der Waals surface area contributed by atoms with Gasteiger partial charge >= 0.3 is 0 Å². The predicted octanol–water partition coefficient (Wildman–Crippen LogP) is 4.29. The normalized spacial score (nSPS) is 14.8. The molecule has 0 radical (unpaired) electrons. The van der Waals surface area contributed by atoms with Crippen LogP contribution in [-0.4, -0.2) is 23.0 Å². The molecule has 2 heterocycles. The van der Waals surface area contributed by atoms with Crippen molar-refractivity contribution in [2.24, 2.45) is 0 Å². The average Bonchev–Trinajstić information content (AvgIpc) is 2.89. The van der Waals surface area contributed by atoms with E-state index in [-0.39, 0.29) is 10.6 Å². The van der Waals surface area contributed by atoms with E-state index in [0.717, 1.165) is 30.2 Å². The van der Waals surface area contributed by atoms with E-state index in [0.29, 0.717) is 12.1 Å². The van der Waals surface area contributed by atoms with Crippen LogP contribution in [0, 0.1) is 17.0 Å². The summed E-state index contributed by atoms with van der Waals surface area (Å²) in [6.07, 6.45) is 7.01. The highest BCUT2D eigenvalue weighted by atomic mass is 16.6. The number of aryl methyl sites for hydroxylation is 1. The molecule has 0 atom stereocenters. The molecule has 1 N–H and O–H groups in total. The van der Waals surface area contributed by atoms with Crippen LogP contribution in [0.5, 0.6) is 0 Å². The summed E-state index contributed by atoms with van der Waals surface area (Å²) in [5.41, 5.74) is 2.77. The van der Waals surface area contributed by atoms with E-state index in [4.69, 9.17) is 0 Å². The Bertz CT molecular complexity index is 723. The lowest BCUT2D eigenvalue weighted by Gasteiger charge is -2.21. The van der Waals surface area contributed by atoms with Crippen LogP contribution in [-0.2, 0) is 6.54 Å². The summed E-state index contributed by atoms with van der Waals surface area (Å²) in [6.45, 7) is 4.57. The molecule has 6 nitrogen and oxygen atoms in total. The monoisotopic (exact) mass is 340 g/mol. The third-order valence-corrected chi connectivity index (χ3v) is 4.63. The van der Waals surface area contributed by atoms with Gasteiger partial charge in [0.2, 0.25) is 0 Å². The summed E-state index contributed by atoms with van der Waals surface area (Å²) < 4.78 is 0. The van der Waals surface area contributed by atoms with E-state index >= 15 is 0 Å². The topological polar surface area (TPSA) is 71.3 Å². The number of aromatic nitrogens is 1. The highest BCUT2D eigenvalue weighted by Gasteiger charge is 2.11. The molecule has 2 aromatic rings. The standard InChI is InChI=1S/C19H24N4O2/c1-15-12-17(7-8-18(15)23(24)25)20-13-16-6-9-19(21-14-16)22-10-4-2-3-5-11-22/h6-9,12,14,20H,2-5,10-11,13H2,1H3. The van der Waals surface area contributed by atoms with Crippen molar-refractivity contribution in [3.63, 3.8) is 0 Å². The Labute approximate surface area is 148 Å². The summed E-state index contributed by atoms with van der Waals surface area (Å²) in [7, 11) is 0. The fraction of sp³-hybridized carbons (Fsp3) is 0.421. The Hall–Kier alpha value is -2.63. The van der Waals surface area contributed by atoms with Crippen LogP contribution in [0.1, 0.15) is 36.8 Å². The van der Waals surface area contributed by atoms with Gasteiger partial charge in [-0.3, -0.25) is 10.1 Å². The third kappa shape index (κ3) is 4.47. The molecule has 0 unspecified atom stereocenters. The molecule has 1 saturated heterocycles. The van der Waals surface area contributed by atoms with Crippen molar-refractivity contribution >= 4 is 17.2 Å². The van der Waals surface area contributed by atoms with Crippen LogP contribution in [0.4, 0.5) is 17.2 Å². The molecular formula is C19H24N4O2. The molecule has 3 rings (SSSR count). The van der Waals surface area contributed by atoms with Crippen molar-refractivity contribution in [1.82, 2.24) is 4.98 Å². The Morgan fingerprint density at radius 1 is 1.16 bits per heavy atom. The summed E-state index contributed by atoms with van der Waals surface area (Å²) in [4.78, 5) is 17.5. The van der Waals surface area contributed by atoms with Gasteiger partial charge in [0.25, 0.3) is 5.69 Å². The zero-order chi connectivity index (χ0) is 17.6. The summed E-state index contributed by atoms with van der Waals surface area (Å²) >= 11 is 0. The van der Waals surface area contributed by atoms with E-state index in [1.165, 1.54) is 25.7 Å². The van der Waals surface area contributed by atoms with E-state index in [9.17, 15) is 10.1 Å². The quantitative estimate of drug-likeness (QED) is 0.649. The zero-order valence-electron chi connectivity index (χ0n) is 14.6. The minimum Gasteiger partial charge on any atom is -0.381 e. The molecule has 1 aliphatic heterocycles. The van der Waals surface area contributed by atoms with Crippen LogP contribution >= 0.6 is 0 Å². The third-order valence-electron chi connectivity index (χ3n) is 4.63. The summed E-state index contributed by atoms with van der Waals surface area (Å²) in [5, 5.41) is 14.2. The summed E-state index contributed by atoms with van der Waals surface area (Å²) in [6, 6.07) is 9.27.